The summed E-state index contributed by atoms with van der Waals surface area (Å²) < 4.78 is 4.97. The van der Waals surface area contributed by atoms with E-state index in [0.29, 0.717) is 26.1 Å². The number of carbonyl (C=O) groups is 2. The average molecular weight is 291 g/mol. The van der Waals surface area contributed by atoms with Crippen molar-refractivity contribution < 1.29 is 14.3 Å². The molecule has 1 N–H and O–H groups in total. The lowest BCUT2D eigenvalue weighted by molar-refractivity contribution is -0.121. The molecular weight excluding hydrogens is 270 g/mol. The zero-order valence-electron chi connectivity index (χ0n) is 12.2. The highest BCUT2D eigenvalue weighted by Gasteiger charge is 2.24. The summed E-state index contributed by atoms with van der Waals surface area (Å²) in [5.41, 5.74) is 0.902. The molecule has 0 bridgehead atoms. The van der Waals surface area contributed by atoms with E-state index < -0.39 is 0 Å². The van der Waals surface area contributed by atoms with E-state index in [1.165, 1.54) is 0 Å². The maximum Gasteiger partial charge on any atom is 0.409 e. The smallest absolute Gasteiger partial charge is 0.409 e. The van der Waals surface area contributed by atoms with Gasteiger partial charge in [0, 0.05) is 31.5 Å². The van der Waals surface area contributed by atoms with Crippen LogP contribution in [0.4, 0.5) is 4.79 Å². The minimum Gasteiger partial charge on any atom is -0.450 e. The second kappa shape index (κ2) is 7.61. The topological polar surface area (TPSA) is 71.5 Å². The molecule has 0 saturated carbocycles. The van der Waals surface area contributed by atoms with Crippen LogP contribution in [0.2, 0.25) is 0 Å². The van der Waals surface area contributed by atoms with Gasteiger partial charge >= 0.3 is 6.09 Å². The molecule has 0 unspecified atom stereocenters. The van der Waals surface area contributed by atoms with E-state index in [9.17, 15) is 9.59 Å². The standard InChI is InChI=1S/C15H21N3O3/c1-2-21-15(20)18-8-5-13(6-9-18)17-14(19)10-12-4-3-7-16-11-12/h3-4,7,11,13H,2,5-6,8-10H2,1H3,(H,17,19). The Balaban J connectivity index is 1.73. The van der Waals surface area contributed by atoms with Crippen molar-refractivity contribution in [2.24, 2.45) is 0 Å². The number of carbonyl (C=O) groups excluding carboxylic acids is 2. The summed E-state index contributed by atoms with van der Waals surface area (Å²) in [4.78, 5) is 29.2. The number of amides is 2. The number of nitrogens with zero attached hydrogens (tertiary/aromatic N) is 2. The molecule has 6 heteroatoms. The molecule has 21 heavy (non-hydrogen) atoms. The van der Waals surface area contributed by atoms with Crippen LogP contribution in [0, 0.1) is 0 Å². The first-order chi connectivity index (χ1) is 10.2. The fraction of sp³-hybridized carbons (Fsp3) is 0.533. The minimum atomic E-state index is -0.266. The zero-order valence-corrected chi connectivity index (χ0v) is 12.2. The number of nitrogens with one attached hydrogen (secondary N) is 1. The van der Waals surface area contributed by atoms with Crippen LogP contribution in [0.3, 0.4) is 0 Å². The van der Waals surface area contributed by atoms with Gasteiger partial charge in [0.05, 0.1) is 13.0 Å². The summed E-state index contributed by atoms with van der Waals surface area (Å²) in [7, 11) is 0. The first-order valence-electron chi connectivity index (χ1n) is 7.29. The Morgan fingerprint density at radius 3 is 2.81 bits per heavy atom. The Labute approximate surface area is 124 Å². The molecule has 1 aliphatic rings. The predicted molar refractivity (Wildman–Crippen MR) is 77.7 cm³/mol. The monoisotopic (exact) mass is 291 g/mol. The van der Waals surface area contributed by atoms with E-state index in [4.69, 9.17) is 4.74 Å². The highest BCUT2D eigenvalue weighted by atomic mass is 16.6. The molecule has 0 spiro atoms. The lowest BCUT2D eigenvalue weighted by atomic mass is 10.0. The molecule has 1 aromatic rings. The highest BCUT2D eigenvalue weighted by Crippen LogP contribution is 2.11. The van der Waals surface area contributed by atoms with Crippen LogP contribution in [-0.2, 0) is 16.0 Å². The van der Waals surface area contributed by atoms with Gasteiger partial charge in [-0.1, -0.05) is 6.07 Å². The summed E-state index contributed by atoms with van der Waals surface area (Å²) in [6.45, 7) is 3.43. The van der Waals surface area contributed by atoms with Gasteiger partial charge in [0.2, 0.25) is 5.91 Å². The Morgan fingerprint density at radius 2 is 2.19 bits per heavy atom. The Morgan fingerprint density at radius 1 is 1.43 bits per heavy atom. The molecule has 0 aliphatic carbocycles. The fourth-order valence-electron chi connectivity index (χ4n) is 2.39. The molecule has 114 valence electrons. The normalized spacial score (nSPS) is 15.6. The van der Waals surface area contributed by atoms with E-state index in [1.54, 1.807) is 24.2 Å². The molecule has 2 heterocycles. The van der Waals surface area contributed by atoms with Crippen LogP contribution < -0.4 is 5.32 Å². The second-order valence-corrected chi connectivity index (χ2v) is 5.07. The molecule has 6 nitrogen and oxygen atoms in total. The van der Waals surface area contributed by atoms with Crippen molar-refractivity contribution in [2.45, 2.75) is 32.2 Å². The van der Waals surface area contributed by atoms with E-state index in [1.807, 2.05) is 12.1 Å². The van der Waals surface area contributed by atoms with Crippen molar-refractivity contribution in [3.63, 3.8) is 0 Å². The summed E-state index contributed by atoms with van der Waals surface area (Å²) in [6, 6.07) is 3.83. The van der Waals surface area contributed by atoms with Crippen LogP contribution in [0.15, 0.2) is 24.5 Å². The van der Waals surface area contributed by atoms with Gasteiger partial charge < -0.3 is 15.0 Å². The highest BCUT2D eigenvalue weighted by molar-refractivity contribution is 5.78. The van der Waals surface area contributed by atoms with E-state index >= 15 is 0 Å². The molecule has 0 atom stereocenters. The van der Waals surface area contributed by atoms with Crippen molar-refractivity contribution in [3.8, 4) is 0 Å². The zero-order chi connectivity index (χ0) is 15.1. The summed E-state index contributed by atoms with van der Waals surface area (Å²) in [6.07, 6.45) is 4.98. The molecule has 1 fully saturated rings. The quantitative estimate of drug-likeness (QED) is 0.909. The molecule has 2 rings (SSSR count). The number of likely N-dealkylation sites (tertiary alicyclic amines) is 1. The van der Waals surface area contributed by atoms with Crippen LogP contribution in [0.5, 0.6) is 0 Å². The van der Waals surface area contributed by atoms with Gasteiger partial charge in [-0.05, 0) is 31.4 Å². The van der Waals surface area contributed by atoms with Gasteiger partial charge in [-0.2, -0.15) is 0 Å². The van der Waals surface area contributed by atoms with Crippen LogP contribution in [-0.4, -0.2) is 47.6 Å². The first-order valence-corrected chi connectivity index (χ1v) is 7.29. The Bertz CT molecular complexity index is 470. The van der Waals surface area contributed by atoms with Crippen LogP contribution in [0.1, 0.15) is 25.3 Å². The maximum absolute atomic E-state index is 12.0. The van der Waals surface area contributed by atoms with Gasteiger partial charge in [0.1, 0.15) is 0 Å². The van der Waals surface area contributed by atoms with E-state index in [0.717, 1.165) is 18.4 Å². The molecule has 0 radical (unpaired) electrons. The number of rotatable bonds is 4. The minimum absolute atomic E-state index is 0.00224. The number of aromatic nitrogens is 1. The third-order valence-electron chi connectivity index (χ3n) is 3.47. The SMILES string of the molecule is CCOC(=O)N1CCC(NC(=O)Cc2cccnc2)CC1. The van der Waals surface area contributed by atoms with E-state index in [-0.39, 0.29) is 18.0 Å². The molecule has 1 aromatic heterocycles. The molecule has 1 saturated heterocycles. The van der Waals surface area contributed by atoms with Crippen molar-refractivity contribution >= 4 is 12.0 Å². The van der Waals surface area contributed by atoms with Gasteiger partial charge in [-0.25, -0.2) is 4.79 Å². The molecule has 0 aromatic carbocycles. The number of pyridine rings is 1. The summed E-state index contributed by atoms with van der Waals surface area (Å²) in [5.74, 6) is -0.00224. The number of ether oxygens (including phenoxy) is 1. The lowest BCUT2D eigenvalue weighted by Gasteiger charge is -2.31. The second-order valence-electron chi connectivity index (χ2n) is 5.07. The first kappa shape index (κ1) is 15.3. The summed E-state index contributed by atoms with van der Waals surface area (Å²) in [5, 5.41) is 3.01. The molecular formula is C15H21N3O3. The third kappa shape index (κ3) is 4.73. The molecule has 1 aliphatic heterocycles. The van der Waals surface area contributed by atoms with Crippen molar-refractivity contribution in [1.82, 2.24) is 15.2 Å². The molecule has 2 amide bonds. The average Bonchev–Trinajstić information content (AvgIpc) is 2.49. The fourth-order valence-corrected chi connectivity index (χ4v) is 2.39. The van der Waals surface area contributed by atoms with Gasteiger partial charge in [0.25, 0.3) is 0 Å². The number of piperidine rings is 1. The Kier molecular flexibility index (Phi) is 5.54. The van der Waals surface area contributed by atoms with Crippen LogP contribution in [0.25, 0.3) is 0 Å². The van der Waals surface area contributed by atoms with Crippen molar-refractivity contribution in [3.05, 3.63) is 30.1 Å². The predicted octanol–water partition coefficient (Wildman–Crippen LogP) is 1.36. The third-order valence-corrected chi connectivity index (χ3v) is 3.47. The van der Waals surface area contributed by atoms with Crippen molar-refractivity contribution in [2.75, 3.05) is 19.7 Å². The van der Waals surface area contributed by atoms with Gasteiger partial charge in [0.15, 0.2) is 0 Å². The van der Waals surface area contributed by atoms with Gasteiger partial charge in [-0.15, -0.1) is 0 Å². The van der Waals surface area contributed by atoms with Crippen molar-refractivity contribution in [1.29, 1.82) is 0 Å². The number of hydrogen-bond donors (Lipinski definition) is 1. The Hall–Kier alpha value is -2.11. The number of hydrogen-bond acceptors (Lipinski definition) is 4. The summed E-state index contributed by atoms with van der Waals surface area (Å²) >= 11 is 0. The van der Waals surface area contributed by atoms with Gasteiger partial charge in [-0.3, -0.25) is 9.78 Å². The lowest BCUT2D eigenvalue weighted by Crippen LogP contribution is -2.47. The van der Waals surface area contributed by atoms with Crippen LogP contribution >= 0.6 is 0 Å². The van der Waals surface area contributed by atoms with E-state index in [2.05, 4.69) is 10.3 Å². The maximum atomic E-state index is 12.0. The largest absolute Gasteiger partial charge is 0.450 e.